The van der Waals surface area contributed by atoms with Gasteiger partial charge in [0.05, 0.1) is 6.54 Å². The van der Waals surface area contributed by atoms with E-state index in [0.717, 1.165) is 18.9 Å². The second-order valence-electron chi connectivity index (χ2n) is 5.59. The smallest absolute Gasteiger partial charge is 0.140 e. The quantitative estimate of drug-likeness (QED) is 0.824. The van der Waals surface area contributed by atoms with E-state index < -0.39 is 0 Å². The highest BCUT2D eigenvalue weighted by atomic mass is 15.3. The Morgan fingerprint density at radius 2 is 2.24 bits per heavy atom. The number of nitrogens with one attached hydrogen (secondary N) is 1. The van der Waals surface area contributed by atoms with Crippen molar-refractivity contribution in [1.82, 2.24) is 20.1 Å². The maximum Gasteiger partial charge on any atom is 0.140 e. The number of hydrogen-bond acceptors (Lipinski definition) is 3. The van der Waals surface area contributed by atoms with E-state index in [0.29, 0.717) is 11.5 Å². The first-order valence-corrected chi connectivity index (χ1v) is 6.77. The summed E-state index contributed by atoms with van der Waals surface area (Å²) in [6, 6.07) is 0. The lowest BCUT2D eigenvalue weighted by Crippen LogP contribution is -2.50. The van der Waals surface area contributed by atoms with Gasteiger partial charge in [-0.15, -0.1) is 0 Å². The minimum Gasteiger partial charge on any atom is -0.304 e. The third kappa shape index (κ3) is 2.86. The summed E-state index contributed by atoms with van der Waals surface area (Å²) in [6.07, 6.45) is 6.85. The Morgan fingerprint density at radius 3 is 2.76 bits per heavy atom. The van der Waals surface area contributed by atoms with Crippen LogP contribution < -0.4 is 5.32 Å². The van der Waals surface area contributed by atoms with Crippen LogP contribution >= 0.6 is 0 Å². The van der Waals surface area contributed by atoms with E-state index in [9.17, 15) is 0 Å². The predicted molar refractivity (Wildman–Crippen MR) is 68.6 cm³/mol. The van der Waals surface area contributed by atoms with Crippen molar-refractivity contribution in [3.63, 3.8) is 0 Å². The second kappa shape index (κ2) is 5.17. The fraction of sp³-hybridized carbons (Fsp3) is 0.846. The molecule has 0 radical (unpaired) electrons. The van der Waals surface area contributed by atoms with E-state index in [2.05, 4.69) is 36.2 Å². The molecule has 0 aromatic carbocycles. The lowest BCUT2D eigenvalue weighted by Gasteiger charge is -2.42. The molecule has 17 heavy (non-hydrogen) atoms. The number of nitrogens with zero attached hydrogens (tertiary/aromatic N) is 3. The Labute approximate surface area is 104 Å². The summed E-state index contributed by atoms with van der Waals surface area (Å²) in [7, 11) is 0. The summed E-state index contributed by atoms with van der Waals surface area (Å²) in [5, 5.41) is 7.97. The molecule has 1 fully saturated rings. The summed E-state index contributed by atoms with van der Waals surface area (Å²) < 4.78 is 2.03. The highest BCUT2D eigenvalue weighted by molar-refractivity contribution is 4.97. The molecule has 0 amide bonds. The molecule has 0 bridgehead atoms. The van der Waals surface area contributed by atoms with Gasteiger partial charge in [-0.05, 0) is 31.6 Å². The summed E-state index contributed by atoms with van der Waals surface area (Å²) >= 11 is 0. The van der Waals surface area contributed by atoms with E-state index in [1.807, 2.05) is 4.68 Å². The van der Waals surface area contributed by atoms with Crippen LogP contribution in [0.3, 0.4) is 0 Å². The Hall–Kier alpha value is -0.900. The molecule has 1 aliphatic rings. The van der Waals surface area contributed by atoms with Gasteiger partial charge in [-0.1, -0.05) is 20.8 Å². The Kier molecular flexibility index (Phi) is 3.82. The molecule has 0 unspecified atom stereocenters. The summed E-state index contributed by atoms with van der Waals surface area (Å²) in [4.78, 5) is 4.35. The van der Waals surface area contributed by atoms with Crippen LogP contribution in [0.1, 0.15) is 52.3 Å². The first-order chi connectivity index (χ1) is 8.15. The number of hydrogen-bond donors (Lipinski definition) is 1. The van der Waals surface area contributed by atoms with Gasteiger partial charge < -0.3 is 5.32 Å². The Bertz CT molecular complexity index is 347. The van der Waals surface area contributed by atoms with Crippen molar-refractivity contribution in [3.05, 3.63) is 12.2 Å². The second-order valence-corrected chi connectivity index (χ2v) is 5.59. The molecule has 4 nitrogen and oxygen atoms in total. The summed E-state index contributed by atoms with van der Waals surface area (Å²) in [5.74, 6) is 1.68. The molecule has 1 N–H and O–H groups in total. The Balaban J connectivity index is 1.92. The van der Waals surface area contributed by atoms with Gasteiger partial charge in [-0.25, -0.2) is 9.67 Å². The van der Waals surface area contributed by atoms with Crippen molar-refractivity contribution in [2.75, 3.05) is 0 Å². The highest BCUT2D eigenvalue weighted by Crippen LogP contribution is 2.34. The fourth-order valence-corrected chi connectivity index (χ4v) is 2.45. The zero-order valence-electron chi connectivity index (χ0n) is 11.2. The van der Waals surface area contributed by atoms with Gasteiger partial charge in [0.1, 0.15) is 12.2 Å². The van der Waals surface area contributed by atoms with Gasteiger partial charge in [0.25, 0.3) is 0 Å². The minimum absolute atomic E-state index is 0.384. The normalized spacial score (nSPS) is 18.4. The van der Waals surface area contributed by atoms with Gasteiger partial charge in [-0.2, -0.15) is 5.10 Å². The molecule has 0 atom stereocenters. The maximum absolute atomic E-state index is 4.35. The van der Waals surface area contributed by atoms with Crippen LogP contribution in [0.4, 0.5) is 0 Å². The van der Waals surface area contributed by atoms with Gasteiger partial charge in [0.15, 0.2) is 0 Å². The molecular formula is C13H24N4. The van der Waals surface area contributed by atoms with Crippen LogP contribution in [0.15, 0.2) is 6.33 Å². The maximum atomic E-state index is 4.35. The van der Waals surface area contributed by atoms with Crippen molar-refractivity contribution in [3.8, 4) is 0 Å². The van der Waals surface area contributed by atoms with Crippen LogP contribution in [-0.2, 0) is 13.1 Å². The molecule has 1 saturated carbocycles. The molecule has 0 aliphatic heterocycles. The van der Waals surface area contributed by atoms with Crippen molar-refractivity contribution in [2.24, 2.45) is 5.92 Å². The lowest BCUT2D eigenvalue weighted by molar-refractivity contribution is 0.173. The molecule has 1 aromatic heterocycles. The third-order valence-electron chi connectivity index (χ3n) is 3.84. The molecule has 0 saturated heterocycles. The zero-order valence-corrected chi connectivity index (χ0v) is 11.2. The van der Waals surface area contributed by atoms with E-state index in [4.69, 9.17) is 0 Å². The summed E-state index contributed by atoms with van der Waals surface area (Å²) in [5.41, 5.74) is 0.384. The molecule has 1 aromatic rings. The summed E-state index contributed by atoms with van der Waals surface area (Å²) in [6.45, 7) is 8.48. The molecule has 2 rings (SSSR count). The molecule has 1 heterocycles. The molecule has 1 aliphatic carbocycles. The number of aromatic nitrogens is 3. The van der Waals surface area contributed by atoms with Crippen LogP contribution in [0.25, 0.3) is 0 Å². The molecule has 4 heteroatoms. The van der Waals surface area contributed by atoms with Crippen molar-refractivity contribution < 1.29 is 0 Å². The average Bonchev–Trinajstić information content (AvgIpc) is 2.64. The first kappa shape index (κ1) is 12.6. The topological polar surface area (TPSA) is 42.7 Å². The van der Waals surface area contributed by atoms with E-state index in [1.54, 1.807) is 6.33 Å². The van der Waals surface area contributed by atoms with Crippen LogP contribution in [0.5, 0.6) is 0 Å². The molecular weight excluding hydrogens is 212 g/mol. The van der Waals surface area contributed by atoms with Crippen molar-refractivity contribution in [2.45, 2.75) is 65.1 Å². The Morgan fingerprint density at radius 1 is 1.47 bits per heavy atom. The largest absolute Gasteiger partial charge is 0.304 e. The van der Waals surface area contributed by atoms with Gasteiger partial charge in [-0.3, -0.25) is 0 Å². The van der Waals surface area contributed by atoms with E-state index in [1.165, 1.54) is 25.7 Å². The van der Waals surface area contributed by atoms with Crippen LogP contribution in [0.2, 0.25) is 0 Å². The minimum atomic E-state index is 0.384. The van der Waals surface area contributed by atoms with Crippen LogP contribution in [-0.4, -0.2) is 20.3 Å². The molecule has 96 valence electrons. The van der Waals surface area contributed by atoms with Crippen molar-refractivity contribution >= 4 is 0 Å². The SMILES string of the molecule is CCC1(NCc2ncnn2CC(C)C)CCC1. The molecule has 0 spiro atoms. The van der Waals surface area contributed by atoms with Gasteiger partial charge in [0, 0.05) is 12.1 Å². The lowest BCUT2D eigenvalue weighted by atomic mass is 9.75. The monoisotopic (exact) mass is 236 g/mol. The number of rotatable bonds is 6. The van der Waals surface area contributed by atoms with E-state index >= 15 is 0 Å². The zero-order chi connectivity index (χ0) is 12.3. The average molecular weight is 236 g/mol. The predicted octanol–water partition coefficient (Wildman–Crippen LogP) is 2.36. The van der Waals surface area contributed by atoms with E-state index in [-0.39, 0.29) is 0 Å². The van der Waals surface area contributed by atoms with Gasteiger partial charge >= 0.3 is 0 Å². The third-order valence-corrected chi connectivity index (χ3v) is 3.84. The van der Waals surface area contributed by atoms with Crippen molar-refractivity contribution in [1.29, 1.82) is 0 Å². The van der Waals surface area contributed by atoms with Crippen LogP contribution in [0, 0.1) is 5.92 Å². The van der Waals surface area contributed by atoms with Gasteiger partial charge in [0.2, 0.25) is 0 Å². The highest BCUT2D eigenvalue weighted by Gasteiger charge is 2.34. The standard InChI is InChI=1S/C13H24N4/c1-4-13(6-5-7-13)15-8-12-14-10-16-17(12)9-11(2)3/h10-11,15H,4-9H2,1-3H3. The first-order valence-electron chi connectivity index (χ1n) is 6.77. The fourth-order valence-electron chi connectivity index (χ4n) is 2.45.